The van der Waals surface area contributed by atoms with Gasteiger partial charge in [-0.2, -0.15) is 0 Å². The highest BCUT2D eigenvalue weighted by molar-refractivity contribution is 6.21. The van der Waals surface area contributed by atoms with E-state index in [-0.39, 0.29) is 18.6 Å². The van der Waals surface area contributed by atoms with E-state index in [4.69, 9.17) is 9.47 Å². The first-order chi connectivity index (χ1) is 13.7. The van der Waals surface area contributed by atoms with Crippen LogP contribution in [-0.4, -0.2) is 48.0 Å². The predicted octanol–water partition coefficient (Wildman–Crippen LogP) is 3.31. The molecule has 28 heavy (non-hydrogen) atoms. The van der Waals surface area contributed by atoms with Gasteiger partial charge in [-0.3, -0.25) is 19.4 Å². The fourth-order valence-electron chi connectivity index (χ4n) is 3.69. The Kier molecular flexibility index (Phi) is 5.30. The normalized spacial score (nSPS) is 14.9. The summed E-state index contributed by atoms with van der Waals surface area (Å²) >= 11 is 0. The third kappa shape index (κ3) is 3.60. The van der Waals surface area contributed by atoms with Crippen LogP contribution in [0.1, 0.15) is 46.0 Å². The molecule has 0 bridgehead atoms. The van der Waals surface area contributed by atoms with Crippen LogP contribution in [0.3, 0.4) is 0 Å². The molecular weight excluding hydrogens is 356 g/mol. The molecule has 0 saturated carbocycles. The zero-order valence-electron chi connectivity index (χ0n) is 16.0. The molecule has 0 unspecified atom stereocenters. The number of fused-ring (bicyclic) bond motifs is 2. The van der Waals surface area contributed by atoms with Crippen molar-refractivity contribution in [2.24, 2.45) is 0 Å². The number of benzene rings is 2. The number of imide groups is 1. The first-order valence-electron chi connectivity index (χ1n) is 9.73. The van der Waals surface area contributed by atoms with Crippen molar-refractivity contribution in [3.63, 3.8) is 0 Å². The molecule has 2 amide bonds. The molecule has 6 nitrogen and oxygen atoms in total. The summed E-state index contributed by atoms with van der Waals surface area (Å²) in [6.07, 6.45) is 1.72. The van der Waals surface area contributed by atoms with Gasteiger partial charge in [0, 0.05) is 13.1 Å². The molecule has 6 heteroatoms. The number of ether oxygens (including phenoxy) is 2. The molecule has 2 aromatic rings. The lowest BCUT2D eigenvalue weighted by atomic mass is 10.1. The van der Waals surface area contributed by atoms with Gasteiger partial charge in [0.15, 0.2) is 11.5 Å². The van der Waals surface area contributed by atoms with Crippen LogP contribution in [-0.2, 0) is 6.54 Å². The molecule has 0 saturated heterocycles. The fraction of sp³-hybridized carbons (Fsp3) is 0.364. The second-order valence-electron chi connectivity index (χ2n) is 7.07. The van der Waals surface area contributed by atoms with Crippen molar-refractivity contribution in [3.8, 4) is 11.5 Å². The number of rotatable bonds is 8. The lowest BCUT2D eigenvalue weighted by Crippen LogP contribution is -2.31. The van der Waals surface area contributed by atoms with Gasteiger partial charge in [0.2, 0.25) is 6.79 Å². The summed E-state index contributed by atoms with van der Waals surface area (Å²) in [6.45, 7) is 5.56. The van der Waals surface area contributed by atoms with Gasteiger partial charge < -0.3 is 9.47 Å². The van der Waals surface area contributed by atoms with Crippen LogP contribution < -0.4 is 9.47 Å². The summed E-state index contributed by atoms with van der Waals surface area (Å²) in [4.78, 5) is 28.5. The van der Waals surface area contributed by atoms with Crippen LogP contribution in [0.25, 0.3) is 0 Å². The SMILES string of the molecule is CCN(CCCCN1C(=O)c2ccccc2C1=O)Cc1ccc2c(c1)OCO2. The molecule has 146 valence electrons. The molecule has 2 aromatic carbocycles. The maximum atomic E-state index is 12.4. The lowest BCUT2D eigenvalue weighted by molar-refractivity contribution is 0.0650. The molecule has 2 aliphatic rings. The Morgan fingerprint density at radius 2 is 1.68 bits per heavy atom. The maximum absolute atomic E-state index is 12.4. The molecule has 0 radical (unpaired) electrons. The summed E-state index contributed by atoms with van der Waals surface area (Å²) in [5.74, 6) is 1.26. The second-order valence-corrected chi connectivity index (χ2v) is 7.07. The zero-order chi connectivity index (χ0) is 19.5. The van der Waals surface area contributed by atoms with Gasteiger partial charge in [-0.25, -0.2) is 0 Å². The van der Waals surface area contributed by atoms with Crippen LogP contribution in [0.15, 0.2) is 42.5 Å². The van der Waals surface area contributed by atoms with Crippen LogP contribution in [0, 0.1) is 0 Å². The zero-order valence-corrected chi connectivity index (χ0v) is 16.0. The summed E-state index contributed by atoms with van der Waals surface area (Å²) in [5.41, 5.74) is 2.22. The summed E-state index contributed by atoms with van der Waals surface area (Å²) in [5, 5.41) is 0. The fourth-order valence-corrected chi connectivity index (χ4v) is 3.69. The minimum Gasteiger partial charge on any atom is -0.454 e. The van der Waals surface area contributed by atoms with Crippen molar-refractivity contribution in [3.05, 3.63) is 59.2 Å². The molecular formula is C22H24N2O4. The number of hydrogen-bond acceptors (Lipinski definition) is 5. The Bertz CT molecular complexity index is 861. The molecule has 2 aliphatic heterocycles. The predicted molar refractivity (Wildman–Crippen MR) is 105 cm³/mol. The Morgan fingerprint density at radius 1 is 0.964 bits per heavy atom. The van der Waals surface area contributed by atoms with E-state index in [0.29, 0.717) is 17.7 Å². The summed E-state index contributed by atoms with van der Waals surface area (Å²) in [6, 6.07) is 13.1. The van der Waals surface area contributed by atoms with Gasteiger partial charge in [0.25, 0.3) is 11.8 Å². The van der Waals surface area contributed by atoms with E-state index < -0.39 is 0 Å². The molecule has 0 spiro atoms. The summed E-state index contributed by atoms with van der Waals surface area (Å²) in [7, 11) is 0. The molecule has 2 heterocycles. The minimum absolute atomic E-state index is 0.173. The Morgan fingerprint density at radius 3 is 2.39 bits per heavy atom. The maximum Gasteiger partial charge on any atom is 0.261 e. The second kappa shape index (κ2) is 8.02. The van der Waals surface area contributed by atoms with Gasteiger partial charge in [-0.1, -0.05) is 25.1 Å². The van der Waals surface area contributed by atoms with Gasteiger partial charge >= 0.3 is 0 Å². The minimum atomic E-state index is -0.173. The molecule has 4 rings (SSSR count). The molecule has 0 aliphatic carbocycles. The standard InChI is InChI=1S/C22H24N2O4/c1-2-23(14-16-9-10-19-20(13-16)28-15-27-19)11-5-6-12-24-21(25)17-7-3-4-8-18(17)22(24)26/h3-4,7-10,13H,2,5-6,11-12,14-15H2,1H3. The van der Waals surface area contributed by atoms with E-state index in [1.54, 1.807) is 24.3 Å². The third-order valence-corrected chi connectivity index (χ3v) is 5.27. The van der Waals surface area contributed by atoms with E-state index in [1.807, 2.05) is 12.1 Å². The monoisotopic (exact) mass is 380 g/mol. The quantitative estimate of drug-likeness (QED) is 0.519. The highest BCUT2D eigenvalue weighted by atomic mass is 16.7. The first kappa shape index (κ1) is 18.5. The average molecular weight is 380 g/mol. The Hall–Kier alpha value is -2.86. The Balaban J connectivity index is 1.26. The van der Waals surface area contributed by atoms with Crippen molar-refractivity contribution < 1.29 is 19.1 Å². The van der Waals surface area contributed by atoms with E-state index in [2.05, 4.69) is 17.9 Å². The van der Waals surface area contributed by atoms with Gasteiger partial charge in [0.05, 0.1) is 11.1 Å². The van der Waals surface area contributed by atoms with Gasteiger partial charge in [-0.05, 0) is 55.8 Å². The lowest BCUT2D eigenvalue weighted by Gasteiger charge is -2.21. The number of amides is 2. The first-order valence-corrected chi connectivity index (χ1v) is 9.73. The topological polar surface area (TPSA) is 59.1 Å². The Labute approximate surface area is 164 Å². The van der Waals surface area contributed by atoms with E-state index >= 15 is 0 Å². The van der Waals surface area contributed by atoms with E-state index in [1.165, 1.54) is 10.5 Å². The molecule has 0 fully saturated rings. The van der Waals surface area contributed by atoms with Crippen LogP contribution >= 0.6 is 0 Å². The smallest absolute Gasteiger partial charge is 0.261 e. The number of carbonyl (C=O) groups excluding carboxylic acids is 2. The molecule has 0 aromatic heterocycles. The summed E-state index contributed by atoms with van der Waals surface area (Å²) < 4.78 is 10.8. The van der Waals surface area contributed by atoms with Crippen LogP contribution in [0.5, 0.6) is 11.5 Å². The van der Waals surface area contributed by atoms with Crippen molar-refractivity contribution in [1.82, 2.24) is 9.80 Å². The average Bonchev–Trinajstić information content (AvgIpc) is 3.28. The molecule has 0 N–H and O–H groups in total. The van der Waals surface area contributed by atoms with Gasteiger partial charge in [-0.15, -0.1) is 0 Å². The highest BCUT2D eigenvalue weighted by Gasteiger charge is 2.34. The number of nitrogens with zero attached hydrogens (tertiary/aromatic N) is 2. The number of unbranched alkanes of at least 4 members (excludes halogenated alkanes) is 1. The molecule has 0 atom stereocenters. The highest BCUT2D eigenvalue weighted by Crippen LogP contribution is 2.32. The third-order valence-electron chi connectivity index (χ3n) is 5.27. The van der Waals surface area contributed by atoms with Crippen molar-refractivity contribution in [2.45, 2.75) is 26.3 Å². The number of carbonyl (C=O) groups is 2. The van der Waals surface area contributed by atoms with E-state index in [9.17, 15) is 9.59 Å². The van der Waals surface area contributed by atoms with Crippen molar-refractivity contribution in [1.29, 1.82) is 0 Å². The number of hydrogen-bond donors (Lipinski definition) is 0. The van der Waals surface area contributed by atoms with Crippen LogP contribution in [0.4, 0.5) is 0 Å². The van der Waals surface area contributed by atoms with Crippen molar-refractivity contribution >= 4 is 11.8 Å². The van der Waals surface area contributed by atoms with Crippen LogP contribution in [0.2, 0.25) is 0 Å². The largest absolute Gasteiger partial charge is 0.454 e. The van der Waals surface area contributed by atoms with E-state index in [0.717, 1.165) is 44.0 Å². The van der Waals surface area contributed by atoms with Crippen molar-refractivity contribution in [2.75, 3.05) is 26.4 Å². The van der Waals surface area contributed by atoms with Gasteiger partial charge in [0.1, 0.15) is 0 Å².